The van der Waals surface area contributed by atoms with Crippen LogP contribution in [-0.4, -0.2) is 12.5 Å². The molecule has 0 saturated carbocycles. The van der Waals surface area contributed by atoms with Crippen molar-refractivity contribution < 1.29 is 9.53 Å². The first-order valence-electron chi connectivity index (χ1n) is 6.71. The van der Waals surface area contributed by atoms with Gasteiger partial charge < -0.3 is 10.1 Å². The maximum Gasteiger partial charge on any atom is 0.255 e. The van der Waals surface area contributed by atoms with E-state index in [2.05, 4.69) is 11.9 Å². The lowest BCUT2D eigenvalue weighted by Gasteiger charge is -2.09. The third kappa shape index (κ3) is 3.03. The van der Waals surface area contributed by atoms with Crippen LogP contribution in [0, 0.1) is 0 Å². The van der Waals surface area contributed by atoms with Gasteiger partial charge in [0, 0.05) is 16.8 Å². The van der Waals surface area contributed by atoms with E-state index in [9.17, 15) is 4.79 Å². The van der Waals surface area contributed by atoms with E-state index in [1.807, 2.05) is 54.6 Å². The number of nitrogens with one attached hydrogen (secondary N) is 1. The standard InChI is InChI=1S/C18H15NO2/c1-13-7-8-14-11-15(9-10-17(14)21-12-13)18(20)19-16-5-3-2-4-6-16/h2-11H,1,12H2,(H,19,20). The molecule has 2 aromatic rings. The van der Waals surface area contributed by atoms with Crippen molar-refractivity contribution in [1.82, 2.24) is 0 Å². The quantitative estimate of drug-likeness (QED) is 0.904. The summed E-state index contributed by atoms with van der Waals surface area (Å²) in [4.78, 5) is 12.3. The van der Waals surface area contributed by atoms with Gasteiger partial charge in [-0.25, -0.2) is 0 Å². The van der Waals surface area contributed by atoms with Crippen molar-refractivity contribution in [3.63, 3.8) is 0 Å². The predicted octanol–water partition coefficient (Wildman–Crippen LogP) is 3.90. The van der Waals surface area contributed by atoms with Gasteiger partial charge in [0.15, 0.2) is 0 Å². The van der Waals surface area contributed by atoms with Crippen LogP contribution in [0.3, 0.4) is 0 Å². The average Bonchev–Trinajstić information content (AvgIpc) is 2.70. The summed E-state index contributed by atoms with van der Waals surface area (Å²) in [7, 11) is 0. The minimum atomic E-state index is -0.138. The zero-order chi connectivity index (χ0) is 14.7. The Hall–Kier alpha value is -2.81. The number of hydrogen-bond acceptors (Lipinski definition) is 2. The van der Waals surface area contributed by atoms with Crippen LogP contribution in [0.4, 0.5) is 5.69 Å². The minimum Gasteiger partial charge on any atom is -0.488 e. The number of anilines is 1. The van der Waals surface area contributed by atoms with Crippen molar-refractivity contribution >= 4 is 17.7 Å². The summed E-state index contributed by atoms with van der Waals surface area (Å²) in [5.41, 5.74) is 3.16. The average molecular weight is 277 g/mol. The smallest absolute Gasteiger partial charge is 0.255 e. The number of rotatable bonds is 2. The summed E-state index contributed by atoms with van der Waals surface area (Å²) in [6.07, 6.45) is 3.83. The van der Waals surface area contributed by atoms with Gasteiger partial charge in [-0.2, -0.15) is 0 Å². The van der Waals surface area contributed by atoms with Gasteiger partial charge >= 0.3 is 0 Å². The van der Waals surface area contributed by atoms with Gasteiger partial charge in [-0.3, -0.25) is 4.79 Å². The van der Waals surface area contributed by atoms with Crippen LogP contribution in [0.1, 0.15) is 15.9 Å². The summed E-state index contributed by atoms with van der Waals surface area (Å²) >= 11 is 0. The van der Waals surface area contributed by atoms with Gasteiger partial charge in [-0.1, -0.05) is 36.9 Å². The number of amides is 1. The highest BCUT2D eigenvalue weighted by Crippen LogP contribution is 2.25. The molecule has 1 amide bonds. The molecule has 21 heavy (non-hydrogen) atoms. The zero-order valence-corrected chi connectivity index (χ0v) is 11.5. The Morgan fingerprint density at radius 2 is 1.90 bits per heavy atom. The van der Waals surface area contributed by atoms with Gasteiger partial charge in [0.05, 0.1) is 0 Å². The van der Waals surface area contributed by atoms with Crippen molar-refractivity contribution in [3.05, 3.63) is 77.9 Å². The number of carbonyl (C=O) groups is 1. The van der Waals surface area contributed by atoms with Gasteiger partial charge in [0.1, 0.15) is 12.4 Å². The number of benzene rings is 2. The SMILES string of the molecule is C=C1C=Cc2cc(C(=O)Nc3ccccc3)ccc2OC1. The molecule has 0 spiro atoms. The fourth-order valence-corrected chi connectivity index (χ4v) is 2.10. The third-order valence-electron chi connectivity index (χ3n) is 3.22. The Labute approximate surface area is 123 Å². The van der Waals surface area contributed by atoms with Gasteiger partial charge in [-0.15, -0.1) is 0 Å². The van der Waals surface area contributed by atoms with Crippen molar-refractivity contribution in [2.24, 2.45) is 0 Å². The second-order valence-electron chi connectivity index (χ2n) is 4.85. The maximum absolute atomic E-state index is 12.3. The second kappa shape index (κ2) is 5.67. The van der Waals surface area contributed by atoms with E-state index in [4.69, 9.17) is 4.74 Å². The molecule has 0 aromatic heterocycles. The van der Waals surface area contributed by atoms with Gasteiger partial charge in [-0.05, 0) is 35.9 Å². The van der Waals surface area contributed by atoms with E-state index < -0.39 is 0 Å². The number of para-hydroxylation sites is 1. The Kier molecular flexibility index (Phi) is 3.56. The highest BCUT2D eigenvalue weighted by molar-refractivity contribution is 6.04. The third-order valence-corrected chi connectivity index (χ3v) is 3.22. The molecule has 0 bridgehead atoms. The molecule has 1 heterocycles. The molecule has 104 valence electrons. The van der Waals surface area contributed by atoms with Crippen molar-refractivity contribution in [1.29, 1.82) is 0 Å². The van der Waals surface area contributed by atoms with Crippen LogP contribution < -0.4 is 10.1 Å². The van der Waals surface area contributed by atoms with Crippen molar-refractivity contribution in [2.75, 3.05) is 11.9 Å². The van der Waals surface area contributed by atoms with E-state index in [0.29, 0.717) is 12.2 Å². The first-order valence-corrected chi connectivity index (χ1v) is 6.71. The van der Waals surface area contributed by atoms with Crippen LogP contribution >= 0.6 is 0 Å². The highest BCUT2D eigenvalue weighted by Gasteiger charge is 2.11. The fourth-order valence-electron chi connectivity index (χ4n) is 2.10. The second-order valence-corrected chi connectivity index (χ2v) is 4.85. The lowest BCUT2D eigenvalue weighted by molar-refractivity contribution is 0.102. The van der Waals surface area contributed by atoms with Crippen LogP contribution in [0.25, 0.3) is 6.08 Å². The van der Waals surface area contributed by atoms with E-state index in [-0.39, 0.29) is 5.91 Å². The summed E-state index contributed by atoms with van der Waals surface area (Å²) in [5.74, 6) is 0.627. The Morgan fingerprint density at radius 3 is 2.71 bits per heavy atom. The number of fused-ring (bicyclic) bond motifs is 1. The summed E-state index contributed by atoms with van der Waals surface area (Å²) < 4.78 is 5.62. The minimum absolute atomic E-state index is 0.138. The van der Waals surface area contributed by atoms with Gasteiger partial charge in [0.2, 0.25) is 0 Å². The number of ether oxygens (including phenoxy) is 1. The molecule has 0 unspecified atom stereocenters. The summed E-state index contributed by atoms with van der Waals surface area (Å²) in [6, 6.07) is 14.8. The Morgan fingerprint density at radius 1 is 1.10 bits per heavy atom. The molecule has 0 radical (unpaired) electrons. The van der Waals surface area contributed by atoms with Crippen LogP contribution in [-0.2, 0) is 0 Å². The molecular weight excluding hydrogens is 262 g/mol. The Bertz CT molecular complexity index is 717. The monoisotopic (exact) mass is 277 g/mol. The normalized spacial score (nSPS) is 13.0. The van der Waals surface area contributed by atoms with Crippen LogP contribution in [0.15, 0.2) is 66.8 Å². The molecule has 0 fully saturated rings. The number of hydrogen-bond donors (Lipinski definition) is 1. The fraction of sp³-hybridized carbons (Fsp3) is 0.0556. The first kappa shape index (κ1) is 13.2. The molecule has 2 aromatic carbocycles. The summed E-state index contributed by atoms with van der Waals surface area (Å²) in [6.45, 7) is 4.35. The van der Waals surface area contributed by atoms with E-state index in [0.717, 1.165) is 22.6 Å². The van der Waals surface area contributed by atoms with E-state index in [1.165, 1.54) is 0 Å². The maximum atomic E-state index is 12.3. The largest absolute Gasteiger partial charge is 0.488 e. The molecule has 1 aliphatic rings. The molecule has 3 rings (SSSR count). The molecule has 0 atom stereocenters. The molecule has 0 saturated heterocycles. The highest BCUT2D eigenvalue weighted by atomic mass is 16.5. The van der Waals surface area contributed by atoms with Crippen LogP contribution in [0.2, 0.25) is 0 Å². The molecule has 1 N–H and O–H groups in total. The molecule has 1 aliphatic heterocycles. The number of carbonyl (C=O) groups excluding carboxylic acids is 1. The van der Waals surface area contributed by atoms with E-state index >= 15 is 0 Å². The molecule has 3 nitrogen and oxygen atoms in total. The van der Waals surface area contributed by atoms with Gasteiger partial charge in [0.25, 0.3) is 5.91 Å². The van der Waals surface area contributed by atoms with E-state index in [1.54, 1.807) is 6.07 Å². The molecule has 3 heteroatoms. The van der Waals surface area contributed by atoms with Crippen molar-refractivity contribution in [2.45, 2.75) is 0 Å². The topological polar surface area (TPSA) is 38.3 Å². The first-order chi connectivity index (χ1) is 10.2. The predicted molar refractivity (Wildman–Crippen MR) is 84.5 cm³/mol. The molecule has 0 aliphatic carbocycles. The lowest BCUT2D eigenvalue weighted by atomic mass is 10.1. The van der Waals surface area contributed by atoms with Crippen molar-refractivity contribution in [3.8, 4) is 5.75 Å². The van der Waals surface area contributed by atoms with Crippen LogP contribution in [0.5, 0.6) is 5.75 Å². The zero-order valence-electron chi connectivity index (χ0n) is 11.5. The lowest BCUT2D eigenvalue weighted by Crippen LogP contribution is -2.12. The Balaban J connectivity index is 1.85. The molecular formula is C18H15NO2. The summed E-state index contributed by atoms with van der Waals surface area (Å²) in [5, 5.41) is 2.87.